The number of rotatable bonds is 2. The predicted octanol–water partition coefficient (Wildman–Crippen LogP) is 3.68. The van der Waals surface area contributed by atoms with Gasteiger partial charge in [-0.2, -0.15) is 0 Å². The summed E-state index contributed by atoms with van der Waals surface area (Å²) in [5, 5.41) is 8.93. The lowest BCUT2D eigenvalue weighted by atomic mass is 10.0. The number of carbonyl (C=O) groups excluding carboxylic acids is 1. The highest BCUT2D eigenvalue weighted by molar-refractivity contribution is 7.17. The molecule has 3 aromatic rings. The van der Waals surface area contributed by atoms with Crippen molar-refractivity contribution in [2.45, 2.75) is 38.8 Å². The molecule has 1 N–H and O–H groups in total. The number of fused-ring (bicyclic) bond motifs is 2. The molecule has 0 bridgehead atoms. The maximum Gasteiger partial charge on any atom is 0.290 e. The van der Waals surface area contributed by atoms with E-state index < -0.39 is 0 Å². The zero-order valence-electron chi connectivity index (χ0n) is 17.7. The van der Waals surface area contributed by atoms with Gasteiger partial charge in [-0.05, 0) is 56.8 Å². The summed E-state index contributed by atoms with van der Waals surface area (Å²) in [5.41, 5.74) is 3.72. The van der Waals surface area contributed by atoms with E-state index in [1.165, 1.54) is 19.4 Å². The monoisotopic (exact) mass is 438 g/mol. The Labute approximate surface area is 185 Å². The molecule has 0 saturated carbocycles. The number of hydrogen-bond acceptors (Lipinski definition) is 6. The molecule has 0 aliphatic carbocycles. The number of carbonyl (C=O) groups is 2. The minimum atomic E-state index is -0.250. The first-order valence-corrected chi connectivity index (χ1v) is 11.3. The van der Waals surface area contributed by atoms with Gasteiger partial charge in [-0.1, -0.05) is 12.1 Å². The van der Waals surface area contributed by atoms with Crippen molar-refractivity contribution in [3.8, 4) is 11.3 Å². The SMILES string of the molecule is Cc1nc(-c2ccc(C(=O)N3C[C@@H]4CCCN4C[C@H]3C)cc2)c2sccc2n1.O=CO. The summed E-state index contributed by atoms with van der Waals surface area (Å²) in [7, 11) is 0. The van der Waals surface area contributed by atoms with E-state index in [9.17, 15) is 4.79 Å². The van der Waals surface area contributed by atoms with Gasteiger partial charge in [-0.3, -0.25) is 14.5 Å². The number of aryl methyl sites for hydroxylation is 1. The van der Waals surface area contributed by atoms with Crippen molar-refractivity contribution >= 4 is 33.9 Å². The lowest BCUT2D eigenvalue weighted by molar-refractivity contribution is -0.122. The summed E-state index contributed by atoms with van der Waals surface area (Å²) in [6.07, 6.45) is 2.46. The van der Waals surface area contributed by atoms with Gasteiger partial charge in [0.2, 0.25) is 0 Å². The Hall–Kier alpha value is -2.84. The fourth-order valence-electron chi connectivity index (χ4n) is 4.58. The molecule has 1 amide bonds. The van der Waals surface area contributed by atoms with Crippen LogP contribution in [0.5, 0.6) is 0 Å². The zero-order valence-corrected chi connectivity index (χ0v) is 18.5. The van der Waals surface area contributed by atoms with E-state index in [1.807, 2.05) is 42.6 Å². The highest BCUT2D eigenvalue weighted by Crippen LogP contribution is 2.31. The number of hydrogen-bond donors (Lipinski definition) is 1. The highest BCUT2D eigenvalue weighted by atomic mass is 32.1. The Kier molecular flexibility index (Phi) is 6.29. The van der Waals surface area contributed by atoms with Crippen molar-refractivity contribution in [2.24, 2.45) is 0 Å². The second-order valence-corrected chi connectivity index (χ2v) is 8.95. The van der Waals surface area contributed by atoms with Crippen molar-refractivity contribution < 1.29 is 14.7 Å². The van der Waals surface area contributed by atoms with E-state index in [0.717, 1.165) is 46.0 Å². The zero-order chi connectivity index (χ0) is 22.0. The summed E-state index contributed by atoms with van der Waals surface area (Å²) in [6.45, 7) is 6.86. The van der Waals surface area contributed by atoms with Crippen molar-refractivity contribution in [3.63, 3.8) is 0 Å². The first kappa shape index (κ1) is 21.4. The third-order valence-electron chi connectivity index (χ3n) is 6.02. The molecular weight excluding hydrogens is 412 g/mol. The molecule has 2 fully saturated rings. The topological polar surface area (TPSA) is 86.6 Å². The van der Waals surface area contributed by atoms with Gasteiger partial charge < -0.3 is 10.0 Å². The molecule has 31 heavy (non-hydrogen) atoms. The van der Waals surface area contributed by atoms with Gasteiger partial charge in [0.05, 0.1) is 15.9 Å². The van der Waals surface area contributed by atoms with E-state index in [0.29, 0.717) is 6.04 Å². The molecule has 0 radical (unpaired) electrons. The number of aromatic nitrogens is 2. The molecule has 5 rings (SSSR count). The summed E-state index contributed by atoms with van der Waals surface area (Å²) in [4.78, 5) is 35.3. The molecule has 162 valence electrons. The van der Waals surface area contributed by atoms with Gasteiger partial charge >= 0.3 is 0 Å². The Bertz CT molecular complexity index is 1080. The average molecular weight is 439 g/mol. The summed E-state index contributed by atoms with van der Waals surface area (Å²) >= 11 is 1.65. The lowest BCUT2D eigenvalue weighted by Gasteiger charge is -2.42. The van der Waals surface area contributed by atoms with Crippen LogP contribution >= 0.6 is 11.3 Å². The van der Waals surface area contributed by atoms with E-state index >= 15 is 0 Å². The maximum atomic E-state index is 13.2. The lowest BCUT2D eigenvalue weighted by Crippen LogP contribution is -2.56. The van der Waals surface area contributed by atoms with Crippen LogP contribution in [0.15, 0.2) is 35.7 Å². The second-order valence-electron chi connectivity index (χ2n) is 8.03. The van der Waals surface area contributed by atoms with Crippen LogP contribution in [0.1, 0.15) is 35.9 Å². The quantitative estimate of drug-likeness (QED) is 0.615. The minimum Gasteiger partial charge on any atom is -0.483 e. The van der Waals surface area contributed by atoms with Crippen LogP contribution in [-0.4, -0.2) is 69.0 Å². The molecule has 2 aliphatic heterocycles. The van der Waals surface area contributed by atoms with Crippen molar-refractivity contribution in [2.75, 3.05) is 19.6 Å². The summed E-state index contributed by atoms with van der Waals surface area (Å²) < 4.78 is 1.09. The van der Waals surface area contributed by atoms with Crippen molar-refractivity contribution in [1.29, 1.82) is 0 Å². The Balaban J connectivity index is 0.000000730. The van der Waals surface area contributed by atoms with Crippen LogP contribution in [-0.2, 0) is 4.79 Å². The second kappa shape index (κ2) is 9.11. The average Bonchev–Trinajstić information content (AvgIpc) is 3.41. The smallest absolute Gasteiger partial charge is 0.290 e. The van der Waals surface area contributed by atoms with Crippen LogP contribution in [0.4, 0.5) is 0 Å². The molecule has 2 saturated heterocycles. The largest absolute Gasteiger partial charge is 0.483 e. The van der Waals surface area contributed by atoms with E-state index in [2.05, 4.69) is 26.7 Å². The van der Waals surface area contributed by atoms with Gasteiger partial charge in [0.25, 0.3) is 12.4 Å². The first-order valence-electron chi connectivity index (χ1n) is 10.5. The predicted molar refractivity (Wildman–Crippen MR) is 121 cm³/mol. The van der Waals surface area contributed by atoms with Crippen LogP contribution < -0.4 is 0 Å². The number of thiophene rings is 1. The molecule has 2 atom stereocenters. The first-order chi connectivity index (χ1) is 15.0. The molecule has 2 aromatic heterocycles. The molecule has 7 nitrogen and oxygen atoms in total. The van der Waals surface area contributed by atoms with Crippen molar-refractivity contribution in [3.05, 3.63) is 47.1 Å². The van der Waals surface area contributed by atoms with Gasteiger partial charge in [0.1, 0.15) is 5.82 Å². The molecular formula is C23H26N4O3S. The maximum absolute atomic E-state index is 13.2. The fourth-order valence-corrected chi connectivity index (χ4v) is 5.42. The van der Waals surface area contributed by atoms with Gasteiger partial charge in [-0.25, -0.2) is 9.97 Å². The number of carboxylic acid groups (broad SMARTS) is 1. The van der Waals surface area contributed by atoms with Crippen LogP contribution in [0.2, 0.25) is 0 Å². The van der Waals surface area contributed by atoms with E-state index in [1.54, 1.807) is 11.3 Å². The normalized spacial score (nSPS) is 20.8. The Morgan fingerprint density at radius 1 is 1.19 bits per heavy atom. The summed E-state index contributed by atoms with van der Waals surface area (Å²) in [6, 6.07) is 10.8. The molecule has 2 aliphatic rings. The third kappa shape index (κ3) is 4.31. The standard InChI is InChI=1S/C22H24N4OS.CH2O2/c1-14-12-25-10-3-4-18(25)13-26(14)22(27)17-7-5-16(6-8-17)20-21-19(9-11-28-21)23-15(2)24-20;2-1-3/h5-9,11,14,18H,3-4,10,12-13H2,1-2H3;1H,(H,2,3)/t14-,18+;/m1./s1. The molecule has 4 heterocycles. The van der Waals surface area contributed by atoms with Gasteiger partial charge in [0.15, 0.2) is 0 Å². The Morgan fingerprint density at radius 2 is 1.94 bits per heavy atom. The number of amides is 1. The van der Waals surface area contributed by atoms with Crippen LogP contribution in [0.25, 0.3) is 21.5 Å². The van der Waals surface area contributed by atoms with Crippen LogP contribution in [0, 0.1) is 6.92 Å². The number of nitrogens with zero attached hydrogens (tertiary/aromatic N) is 4. The number of piperazine rings is 1. The van der Waals surface area contributed by atoms with Gasteiger partial charge in [-0.15, -0.1) is 11.3 Å². The van der Waals surface area contributed by atoms with E-state index in [-0.39, 0.29) is 18.4 Å². The highest BCUT2D eigenvalue weighted by Gasteiger charge is 2.36. The molecule has 0 unspecified atom stereocenters. The van der Waals surface area contributed by atoms with Crippen LogP contribution in [0.3, 0.4) is 0 Å². The molecule has 1 aromatic carbocycles. The van der Waals surface area contributed by atoms with Crippen molar-refractivity contribution in [1.82, 2.24) is 19.8 Å². The minimum absolute atomic E-state index is 0.144. The van der Waals surface area contributed by atoms with Gasteiger partial charge in [0, 0.05) is 36.3 Å². The molecule has 8 heteroatoms. The number of benzene rings is 1. The fraction of sp³-hybridized carbons (Fsp3) is 0.391. The summed E-state index contributed by atoms with van der Waals surface area (Å²) in [5.74, 6) is 0.912. The third-order valence-corrected chi connectivity index (χ3v) is 6.93. The Morgan fingerprint density at radius 3 is 2.68 bits per heavy atom. The molecule has 0 spiro atoms. The van der Waals surface area contributed by atoms with E-state index in [4.69, 9.17) is 9.90 Å².